The van der Waals surface area contributed by atoms with E-state index in [9.17, 15) is 4.39 Å². The molecule has 0 aliphatic carbocycles. The molecule has 1 rings (SSSR count). The van der Waals surface area contributed by atoms with E-state index in [1.807, 2.05) is 0 Å². The predicted octanol–water partition coefficient (Wildman–Crippen LogP) is 2.87. The van der Waals surface area contributed by atoms with Crippen LogP contribution < -0.4 is 0 Å². The van der Waals surface area contributed by atoms with E-state index in [0.717, 1.165) is 0 Å². The molecule has 68 valence electrons. The maximum atomic E-state index is 12.8. The topological polar surface area (TPSA) is 48.6 Å². The molecular formula is C9H10FN3. The molecule has 0 unspecified atom stereocenters. The third-order valence-electron chi connectivity index (χ3n) is 1.55. The van der Waals surface area contributed by atoms with Gasteiger partial charge in [0.2, 0.25) is 0 Å². The van der Waals surface area contributed by atoms with Gasteiger partial charge in [0.1, 0.15) is 5.82 Å². The lowest BCUT2D eigenvalue weighted by atomic mass is 10.2. The zero-order valence-electron chi connectivity index (χ0n) is 7.29. The minimum absolute atomic E-state index is 0.232. The molecular weight excluding hydrogens is 169 g/mol. The second-order valence-electron chi connectivity index (χ2n) is 2.59. The van der Waals surface area contributed by atoms with Gasteiger partial charge in [0.15, 0.2) is 0 Å². The molecule has 0 aliphatic heterocycles. The molecule has 1 aromatic carbocycles. The molecule has 0 saturated heterocycles. The summed E-state index contributed by atoms with van der Waals surface area (Å²) in [6.07, 6.45) is 1.51. The van der Waals surface area contributed by atoms with Crippen molar-refractivity contribution in [3.63, 3.8) is 0 Å². The smallest absolute Gasteiger partial charge is 0.126 e. The molecule has 13 heavy (non-hydrogen) atoms. The summed E-state index contributed by atoms with van der Waals surface area (Å²) in [6, 6.07) is 4.61. The highest BCUT2D eigenvalue weighted by atomic mass is 19.1. The van der Waals surface area contributed by atoms with Crippen LogP contribution in [0.5, 0.6) is 0 Å². The van der Waals surface area contributed by atoms with Gasteiger partial charge in [0.05, 0.1) is 12.2 Å². The minimum atomic E-state index is -0.232. The van der Waals surface area contributed by atoms with E-state index >= 15 is 0 Å². The van der Waals surface area contributed by atoms with Crippen molar-refractivity contribution in [2.45, 2.75) is 6.92 Å². The minimum Gasteiger partial charge on any atom is -0.259 e. The Balaban J connectivity index is 2.79. The first-order chi connectivity index (χ1) is 6.24. The van der Waals surface area contributed by atoms with Gasteiger partial charge < -0.3 is 0 Å². The van der Waals surface area contributed by atoms with Gasteiger partial charge in [0.25, 0.3) is 0 Å². The summed E-state index contributed by atoms with van der Waals surface area (Å²) in [5.41, 5.74) is 7.77. The molecule has 0 aromatic heterocycles. The average molecular weight is 179 g/mol. The molecule has 1 aromatic rings. The molecule has 0 bridgehead atoms. The Morgan fingerprint density at radius 1 is 1.54 bits per heavy atom. The quantitative estimate of drug-likeness (QED) is 0.548. The Kier molecular flexibility index (Phi) is 3.25. The highest BCUT2D eigenvalue weighted by molar-refractivity contribution is 5.65. The fourth-order valence-corrected chi connectivity index (χ4v) is 0.896. The third-order valence-corrected chi connectivity index (χ3v) is 1.55. The average Bonchev–Trinajstić information content (AvgIpc) is 2.12. The van der Waals surface area contributed by atoms with Crippen LogP contribution in [0, 0.1) is 18.3 Å². The highest BCUT2D eigenvalue weighted by Crippen LogP contribution is 2.15. The monoisotopic (exact) mass is 179 g/mol. The molecule has 0 atom stereocenters. The standard InChI is InChI=1S/C9H10FN3/c1-7-6-8(2-3-9(7)10)12-4-5-13-11/h2-4,6,11H,5H2,1H3. The van der Waals surface area contributed by atoms with E-state index < -0.39 is 0 Å². The van der Waals surface area contributed by atoms with E-state index in [1.54, 1.807) is 19.1 Å². The molecule has 0 saturated carbocycles. The van der Waals surface area contributed by atoms with Gasteiger partial charge in [-0.2, -0.15) is 5.11 Å². The van der Waals surface area contributed by atoms with E-state index in [4.69, 9.17) is 5.53 Å². The zero-order valence-corrected chi connectivity index (χ0v) is 7.29. The van der Waals surface area contributed by atoms with E-state index in [0.29, 0.717) is 11.3 Å². The number of benzene rings is 1. The first-order valence-corrected chi connectivity index (χ1v) is 3.86. The first-order valence-electron chi connectivity index (χ1n) is 3.86. The van der Waals surface area contributed by atoms with Gasteiger partial charge >= 0.3 is 0 Å². The van der Waals surface area contributed by atoms with Crippen LogP contribution in [0.2, 0.25) is 0 Å². The van der Waals surface area contributed by atoms with Crippen molar-refractivity contribution < 1.29 is 4.39 Å². The normalized spacial score (nSPS) is 10.6. The third kappa shape index (κ3) is 2.74. The highest BCUT2D eigenvalue weighted by Gasteiger charge is 1.96. The Morgan fingerprint density at radius 3 is 2.92 bits per heavy atom. The van der Waals surface area contributed by atoms with Crippen LogP contribution >= 0.6 is 0 Å². The summed E-state index contributed by atoms with van der Waals surface area (Å²) in [4.78, 5) is 3.99. The van der Waals surface area contributed by atoms with Crippen molar-refractivity contribution in [3.05, 3.63) is 29.6 Å². The summed E-state index contributed by atoms with van der Waals surface area (Å²) in [5, 5.41) is 3.12. The van der Waals surface area contributed by atoms with Crippen LogP contribution in [0.3, 0.4) is 0 Å². The lowest BCUT2D eigenvalue weighted by molar-refractivity contribution is 0.618. The Morgan fingerprint density at radius 2 is 2.31 bits per heavy atom. The lowest BCUT2D eigenvalue weighted by Gasteiger charge is -1.96. The molecule has 3 nitrogen and oxygen atoms in total. The largest absolute Gasteiger partial charge is 0.259 e. The Bertz CT molecular complexity index is 334. The molecule has 0 radical (unpaired) electrons. The van der Waals surface area contributed by atoms with Crippen LogP contribution in [-0.2, 0) is 0 Å². The number of nitrogens with one attached hydrogen (secondary N) is 1. The molecule has 0 aliphatic rings. The summed E-state index contributed by atoms with van der Waals surface area (Å²) >= 11 is 0. The SMILES string of the molecule is Cc1cc(N=CCN=N)ccc1F. The second kappa shape index (κ2) is 4.45. The van der Waals surface area contributed by atoms with Crippen molar-refractivity contribution in [2.24, 2.45) is 10.1 Å². The van der Waals surface area contributed by atoms with Gasteiger partial charge in [-0.05, 0) is 30.7 Å². The number of hydrogen-bond acceptors (Lipinski definition) is 3. The number of nitrogens with zero attached hydrogens (tertiary/aromatic N) is 2. The molecule has 1 N–H and O–H groups in total. The van der Waals surface area contributed by atoms with Crippen LogP contribution in [0.1, 0.15) is 5.56 Å². The summed E-state index contributed by atoms with van der Waals surface area (Å²) in [5.74, 6) is -0.232. The Hall–Kier alpha value is -1.58. The summed E-state index contributed by atoms with van der Waals surface area (Å²) in [7, 11) is 0. The number of aliphatic imine (C=N–C) groups is 1. The molecule has 0 fully saturated rings. The van der Waals surface area contributed by atoms with Crippen LogP contribution in [0.15, 0.2) is 28.3 Å². The van der Waals surface area contributed by atoms with Crippen LogP contribution in [0.25, 0.3) is 0 Å². The van der Waals surface area contributed by atoms with Gasteiger partial charge in [0, 0.05) is 6.21 Å². The molecule has 4 heteroatoms. The van der Waals surface area contributed by atoms with Crippen molar-refractivity contribution in [1.82, 2.24) is 0 Å². The Labute approximate surface area is 75.8 Å². The van der Waals surface area contributed by atoms with Crippen molar-refractivity contribution in [1.29, 1.82) is 5.53 Å². The maximum Gasteiger partial charge on any atom is 0.126 e. The van der Waals surface area contributed by atoms with Gasteiger partial charge in [-0.15, -0.1) is 0 Å². The molecule has 0 heterocycles. The van der Waals surface area contributed by atoms with Crippen molar-refractivity contribution in [2.75, 3.05) is 6.54 Å². The van der Waals surface area contributed by atoms with Gasteiger partial charge in [-0.25, -0.2) is 9.92 Å². The maximum absolute atomic E-state index is 12.8. The van der Waals surface area contributed by atoms with E-state index in [2.05, 4.69) is 10.1 Å². The summed E-state index contributed by atoms with van der Waals surface area (Å²) in [6.45, 7) is 1.94. The lowest BCUT2D eigenvalue weighted by Crippen LogP contribution is -1.81. The number of hydrogen-bond donors (Lipinski definition) is 1. The van der Waals surface area contributed by atoms with Crippen molar-refractivity contribution >= 4 is 11.9 Å². The fraction of sp³-hybridized carbons (Fsp3) is 0.222. The first kappa shape index (κ1) is 9.51. The van der Waals surface area contributed by atoms with Crippen LogP contribution in [0.4, 0.5) is 10.1 Å². The number of rotatable bonds is 3. The second-order valence-corrected chi connectivity index (χ2v) is 2.59. The number of halogens is 1. The van der Waals surface area contributed by atoms with Crippen LogP contribution in [-0.4, -0.2) is 12.8 Å². The predicted molar refractivity (Wildman–Crippen MR) is 49.3 cm³/mol. The van der Waals surface area contributed by atoms with E-state index in [1.165, 1.54) is 12.3 Å². The summed E-state index contributed by atoms with van der Waals surface area (Å²) < 4.78 is 12.8. The zero-order chi connectivity index (χ0) is 9.68. The number of aryl methyl sites for hydroxylation is 1. The fourth-order valence-electron chi connectivity index (χ4n) is 0.896. The van der Waals surface area contributed by atoms with Gasteiger partial charge in [-0.3, -0.25) is 4.99 Å². The van der Waals surface area contributed by atoms with Crippen molar-refractivity contribution in [3.8, 4) is 0 Å². The molecule has 0 amide bonds. The molecule has 0 spiro atoms. The van der Waals surface area contributed by atoms with Gasteiger partial charge in [-0.1, -0.05) is 0 Å². The van der Waals surface area contributed by atoms with E-state index in [-0.39, 0.29) is 12.4 Å².